The van der Waals surface area contributed by atoms with Gasteiger partial charge >= 0.3 is 0 Å². The van der Waals surface area contributed by atoms with Crippen LogP contribution in [0, 0.1) is 11.6 Å². The minimum Gasteiger partial charge on any atom is -0.368 e. The zero-order valence-electron chi connectivity index (χ0n) is 14.4. The molecule has 0 radical (unpaired) electrons. The summed E-state index contributed by atoms with van der Waals surface area (Å²) in [7, 11) is 0. The van der Waals surface area contributed by atoms with Crippen molar-refractivity contribution in [1.29, 1.82) is 0 Å². The summed E-state index contributed by atoms with van der Waals surface area (Å²) < 4.78 is 26.6. The Morgan fingerprint density at radius 1 is 0.880 bits per heavy atom. The van der Waals surface area contributed by atoms with E-state index in [4.69, 9.17) is 0 Å². The molecule has 4 heteroatoms. The lowest BCUT2D eigenvalue weighted by Crippen LogP contribution is -2.45. The minimum atomic E-state index is -0.174. The van der Waals surface area contributed by atoms with Crippen LogP contribution in [0.3, 0.4) is 0 Å². The van der Waals surface area contributed by atoms with E-state index in [9.17, 15) is 8.78 Å². The molecule has 0 aromatic heterocycles. The number of piperidine rings is 1. The molecule has 0 unspecified atom stereocenters. The third-order valence-corrected chi connectivity index (χ3v) is 5.61. The van der Waals surface area contributed by atoms with Crippen molar-refractivity contribution in [3.63, 3.8) is 0 Å². The standard InChI is InChI=1S/C21H24F2N2/c22-18-4-1-16(2-5-18)7-11-24-12-9-20(10-13-24)25-14-8-17-3-6-19(23)15-21(17)25/h1-6,15,20H,7-14H2. The van der Waals surface area contributed by atoms with Crippen LogP contribution in [-0.2, 0) is 12.8 Å². The number of fused-ring (bicyclic) bond motifs is 1. The molecule has 0 spiro atoms. The molecule has 0 N–H and O–H groups in total. The number of halogens is 2. The maximum atomic E-state index is 13.6. The maximum Gasteiger partial charge on any atom is 0.125 e. The highest BCUT2D eigenvalue weighted by atomic mass is 19.1. The monoisotopic (exact) mass is 342 g/mol. The molecule has 0 aliphatic carbocycles. The summed E-state index contributed by atoms with van der Waals surface area (Å²) >= 11 is 0. The van der Waals surface area contributed by atoms with E-state index < -0.39 is 0 Å². The second-order valence-corrected chi connectivity index (χ2v) is 7.17. The number of likely N-dealkylation sites (tertiary alicyclic amines) is 1. The summed E-state index contributed by atoms with van der Waals surface area (Å²) in [5.74, 6) is -0.311. The zero-order valence-corrected chi connectivity index (χ0v) is 14.4. The molecule has 0 atom stereocenters. The third kappa shape index (κ3) is 3.69. The average molecular weight is 342 g/mol. The van der Waals surface area contributed by atoms with Crippen molar-refractivity contribution in [3.8, 4) is 0 Å². The number of nitrogens with zero attached hydrogens (tertiary/aromatic N) is 2. The van der Waals surface area contributed by atoms with Crippen LogP contribution in [0.5, 0.6) is 0 Å². The van der Waals surface area contributed by atoms with Crippen molar-refractivity contribution in [2.75, 3.05) is 31.1 Å². The smallest absolute Gasteiger partial charge is 0.125 e. The molecule has 2 nitrogen and oxygen atoms in total. The molecule has 0 amide bonds. The van der Waals surface area contributed by atoms with Gasteiger partial charge in [-0.05, 0) is 61.1 Å². The van der Waals surface area contributed by atoms with Gasteiger partial charge in [-0.2, -0.15) is 0 Å². The fourth-order valence-electron chi connectivity index (χ4n) is 4.15. The van der Waals surface area contributed by atoms with Crippen molar-refractivity contribution in [2.24, 2.45) is 0 Å². The van der Waals surface area contributed by atoms with Crippen LogP contribution in [0.15, 0.2) is 42.5 Å². The molecule has 2 aliphatic heterocycles. The van der Waals surface area contributed by atoms with E-state index in [1.54, 1.807) is 12.1 Å². The van der Waals surface area contributed by atoms with Gasteiger partial charge in [0.25, 0.3) is 0 Å². The number of rotatable bonds is 4. The highest BCUT2D eigenvalue weighted by molar-refractivity contribution is 5.59. The average Bonchev–Trinajstić information content (AvgIpc) is 3.05. The first-order valence-electron chi connectivity index (χ1n) is 9.21. The number of benzene rings is 2. The molecular formula is C21H24F2N2. The van der Waals surface area contributed by atoms with Gasteiger partial charge in [0.05, 0.1) is 0 Å². The molecule has 2 aromatic carbocycles. The quantitative estimate of drug-likeness (QED) is 0.828. The molecule has 2 aliphatic rings. The highest BCUT2D eigenvalue weighted by Crippen LogP contribution is 2.33. The molecule has 0 bridgehead atoms. The second-order valence-electron chi connectivity index (χ2n) is 7.17. The fraction of sp³-hybridized carbons (Fsp3) is 0.429. The fourth-order valence-corrected chi connectivity index (χ4v) is 4.15. The molecule has 25 heavy (non-hydrogen) atoms. The molecule has 2 aromatic rings. The van der Waals surface area contributed by atoms with Gasteiger partial charge in [-0.25, -0.2) is 8.78 Å². The predicted octanol–water partition coefficient (Wildman–Crippen LogP) is 4.03. The van der Waals surface area contributed by atoms with Gasteiger partial charge in [-0.15, -0.1) is 0 Å². The lowest BCUT2D eigenvalue weighted by atomic mass is 10.0. The van der Waals surface area contributed by atoms with E-state index in [0.29, 0.717) is 6.04 Å². The first kappa shape index (κ1) is 16.5. The van der Waals surface area contributed by atoms with E-state index in [-0.39, 0.29) is 11.6 Å². The SMILES string of the molecule is Fc1ccc(CCN2CCC(N3CCc4ccc(F)cc43)CC2)cc1. The zero-order chi connectivity index (χ0) is 17.2. The Kier molecular flexibility index (Phi) is 4.71. The third-order valence-electron chi connectivity index (χ3n) is 5.61. The Bertz CT molecular complexity index is 721. The summed E-state index contributed by atoms with van der Waals surface area (Å²) in [4.78, 5) is 4.90. The van der Waals surface area contributed by atoms with Crippen LogP contribution in [-0.4, -0.2) is 37.1 Å². The highest BCUT2D eigenvalue weighted by Gasteiger charge is 2.29. The topological polar surface area (TPSA) is 6.48 Å². The summed E-state index contributed by atoms with van der Waals surface area (Å²) in [5.41, 5.74) is 3.57. The molecule has 0 saturated carbocycles. The van der Waals surface area contributed by atoms with Crippen molar-refractivity contribution in [2.45, 2.75) is 31.7 Å². The Balaban J connectivity index is 1.30. The van der Waals surface area contributed by atoms with Crippen LogP contribution in [0.2, 0.25) is 0 Å². The van der Waals surface area contributed by atoms with E-state index >= 15 is 0 Å². The lowest BCUT2D eigenvalue weighted by molar-refractivity contribution is 0.212. The van der Waals surface area contributed by atoms with Crippen LogP contribution in [0.25, 0.3) is 0 Å². The maximum absolute atomic E-state index is 13.6. The van der Waals surface area contributed by atoms with Crippen LogP contribution < -0.4 is 4.90 Å². The Morgan fingerprint density at radius 2 is 1.60 bits per heavy atom. The normalized spacial score (nSPS) is 18.6. The Morgan fingerprint density at radius 3 is 2.36 bits per heavy atom. The summed E-state index contributed by atoms with van der Waals surface area (Å²) in [6.45, 7) is 4.18. The van der Waals surface area contributed by atoms with Gasteiger partial charge in [-0.3, -0.25) is 0 Å². The Hall–Kier alpha value is -1.94. The lowest BCUT2D eigenvalue weighted by Gasteiger charge is -2.38. The number of hydrogen-bond donors (Lipinski definition) is 0. The molecule has 1 fully saturated rings. The van der Waals surface area contributed by atoms with E-state index in [1.165, 1.54) is 23.3 Å². The van der Waals surface area contributed by atoms with Crippen molar-refractivity contribution in [3.05, 3.63) is 65.2 Å². The molecule has 1 saturated heterocycles. The van der Waals surface area contributed by atoms with Crippen LogP contribution in [0.4, 0.5) is 14.5 Å². The van der Waals surface area contributed by atoms with E-state index in [2.05, 4.69) is 9.80 Å². The summed E-state index contributed by atoms with van der Waals surface area (Å²) in [5, 5.41) is 0. The molecule has 4 rings (SSSR count). The number of anilines is 1. The predicted molar refractivity (Wildman–Crippen MR) is 97.0 cm³/mol. The van der Waals surface area contributed by atoms with Gasteiger partial charge in [-0.1, -0.05) is 18.2 Å². The van der Waals surface area contributed by atoms with Gasteiger partial charge < -0.3 is 9.80 Å². The first-order valence-corrected chi connectivity index (χ1v) is 9.21. The van der Waals surface area contributed by atoms with Crippen molar-refractivity contribution >= 4 is 5.69 Å². The van der Waals surface area contributed by atoms with Gasteiger partial charge in [0.15, 0.2) is 0 Å². The molecule has 132 valence electrons. The second kappa shape index (κ2) is 7.12. The van der Waals surface area contributed by atoms with E-state index in [1.807, 2.05) is 18.2 Å². The van der Waals surface area contributed by atoms with E-state index in [0.717, 1.165) is 57.5 Å². The van der Waals surface area contributed by atoms with Crippen molar-refractivity contribution in [1.82, 2.24) is 4.90 Å². The van der Waals surface area contributed by atoms with Crippen LogP contribution >= 0.6 is 0 Å². The minimum absolute atomic E-state index is 0.137. The molecule has 2 heterocycles. The van der Waals surface area contributed by atoms with Crippen molar-refractivity contribution < 1.29 is 8.78 Å². The summed E-state index contributed by atoms with van der Waals surface area (Å²) in [6.07, 6.45) is 4.24. The Labute approximate surface area is 148 Å². The first-order chi connectivity index (χ1) is 12.2. The van der Waals surface area contributed by atoms with Gasteiger partial charge in [0, 0.05) is 37.9 Å². The van der Waals surface area contributed by atoms with Crippen LogP contribution in [0.1, 0.15) is 24.0 Å². The van der Waals surface area contributed by atoms with Gasteiger partial charge in [0.2, 0.25) is 0 Å². The summed E-state index contributed by atoms with van der Waals surface area (Å²) in [6, 6.07) is 12.5. The van der Waals surface area contributed by atoms with Gasteiger partial charge in [0.1, 0.15) is 11.6 Å². The molecular weight excluding hydrogens is 318 g/mol. The number of hydrogen-bond acceptors (Lipinski definition) is 2. The largest absolute Gasteiger partial charge is 0.368 e.